The number of fused-ring (bicyclic) bond motifs is 5. The molecule has 0 aliphatic heterocycles. The van der Waals surface area contributed by atoms with Gasteiger partial charge in [0, 0.05) is 5.92 Å². The fraction of sp³-hybridized carbons (Fsp3) is 0.417. The fourth-order valence-electron chi connectivity index (χ4n) is 3.03. The highest BCUT2D eigenvalue weighted by Crippen LogP contribution is 2.52. The van der Waals surface area contributed by atoms with Crippen LogP contribution in [0, 0.1) is 36.0 Å². The van der Waals surface area contributed by atoms with Gasteiger partial charge in [0.25, 0.3) is 0 Å². The molecule has 1 nitrogen and oxygen atoms in total. The summed E-state index contributed by atoms with van der Waals surface area (Å²) >= 11 is 0. The molecule has 0 saturated heterocycles. The van der Waals surface area contributed by atoms with Gasteiger partial charge in [-0.1, -0.05) is 24.1 Å². The molecule has 1 heteroatoms. The highest BCUT2D eigenvalue weighted by Gasteiger charge is 2.50. The third-order valence-corrected chi connectivity index (χ3v) is 3.60. The van der Waals surface area contributed by atoms with Crippen molar-refractivity contribution in [2.24, 2.45) is 23.7 Å². The molecule has 64 valence electrons. The highest BCUT2D eigenvalue weighted by molar-refractivity contribution is 6.04. The van der Waals surface area contributed by atoms with Crippen molar-refractivity contribution in [3.8, 4) is 12.3 Å². The van der Waals surface area contributed by atoms with E-state index in [9.17, 15) is 4.79 Å². The Bertz CT molecular complexity index is 380. The van der Waals surface area contributed by atoms with Gasteiger partial charge in [-0.2, -0.15) is 0 Å². The minimum Gasteiger partial charge on any atom is -0.293 e. The Labute approximate surface area is 77.5 Å². The predicted octanol–water partition coefficient (Wildman–Crippen LogP) is 1.57. The van der Waals surface area contributed by atoms with Crippen molar-refractivity contribution in [2.75, 3.05) is 0 Å². The van der Waals surface area contributed by atoms with Crippen LogP contribution >= 0.6 is 0 Å². The number of carbonyl (C=O) groups excluding carboxylic acids is 1. The van der Waals surface area contributed by atoms with E-state index in [2.05, 4.69) is 18.1 Å². The number of rotatable bonds is 0. The van der Waals surface area contributed by atoms with Crippen molar-refractivity contribution in [3.63, 3.8) is 0 Å². The second-order valence-corrected chi connectivity index (χ2v) is 4.14. The first-order valence-electron chi connectivity index (χ1n) is 4.72. The second kappa shape index (κ2) is 2.14. The maximum atomic E-state index is 11.8. The topological polar surface area (TPSA) is 17.1 Å². The van der Waals surface area contributed by atoms with Crippen LogP contribution in [0.25, 0.3) is 0 Å². The quantitative estimate of drug-likeness (QED) is 0.398. The third-order valence-electron chi connectivity index (χ3n) is 3.60. The van der Waals surface area contributed by atoms with Crippen LogP contribution in [-0.2, 0) is 4.79 Å². The molecule has 3 rings (SSSR count). The van der Waals surface area contributed by atoms with Gasteiger partial charge in [0.1, 0.15) is 0 Å². The van der Waals surface area contributed by atoms with E-state index in [1.54, 1.807) is 0 Å². The largest absolute Gasteiger partial charge is 0.293 e. The molecule has 0 radical (unpaired) electrons. The van der Waals surface area contributed by atoms with Gasteiger partial charge in [-0.3, -0.25) is 4.79 Å². The van der Waals surface area contributed by atoms with Gasteiger partial charge in [0.05, 0.1) is 5.57 Å². The molecule has 4 atom stereocenters. The second-order valence-electron chi connectivity index (χ2n) is 4.14. The van der Waals surface area contributed by atoms with E-state index >= 15 is 0 Å². The van der Waals surface area contributed by atoms with Crippen LogP contribution in [0.1, 0.15) is 6.42 Å². The van der Waals surface area contributed by atoms with Gasteiger partial charge < -0.3 is 0 Å². The average molecular weight is 170 g/mol. The number of ketones is 1. The molecule has 0 heterocycles. The Morgan fingerprint density at radius 2 is 2.15 bits per heavy atom. The number of carbonyl (C=O) groups is 1. The Kier molecular flexibility index (Phi) is 1.18. The Hall–Kier alpha value is -1.29. The lowest BCUT2D eigenvalue weighted by atomic mass is 9.85. The molecule has 0 aromatic heterocycles. The molecule has 13 heavy (non-hydrogen) atoms. The van der Waals surface area contributed by atoms with Gasteiger partial charge in [-0.05, 0) is 24.2 Å². The van der Waals surface area contributed by atoms with Crippen molar-refractivity contribution >= 4 is 5.78 Å². The highest BCUT2D eigenvalue weighted by atomic mass is 16.1. The van der Waals surface area contributed by atoms with E-state index in [0.29, 0.717) is 23.3 Å². The summed E-state index contributed by atoms with van der Waals surface area (Å²) < 4.78 is 0. The zero-order chi connectivity index (χ0) is 9.00. The van der Waals surface area contributed by atoms with E-state index < -0.39 is 0 Å². The molecule has 1 saturated carbocycles. The van der Waals surface area contributed by atoms with Gasteiger partial charge in [0.15, 0.2) is 5.78 Å². The summed E-state index contributed by atoms with van der Waals surface area (Å²) in [5.74, 6) is 4.39. The lowest BCUT2D eigenvalue weighted by Crippen LogP contribution is -2.20. The van der Waals surface area contributed by atoms with Crippen molar-refractivity contribution in [3.05, 3.63) is 23.8 Å². The molecule has 2 bridgehead atoms. The maximum Gasteiger partial charge on any atom is 0.175 e. The molecule has 0 spiro atoms. The first-order chi connectivity index (χ1) is 6.31. The predicted molar refractivity (Wildman–Crippen MR) is 49.6 cm³/mol. The maximum absolute atomic E-state index is 11.8. The zero-order valence-electron chi connectivity index (χ0n) is 7.23. The van der Waals surface area contributed by atoms with Gasteiger partial charge in [0.2, 0.25) is 0 Å². The number of hydrogen-bond acceptors (Lipinski definition) is 1. The van der Waals surface area contributed by atoms with Crippen LogP contribution in [0.2, 0.25) is 0 Å². The Morgan fingerprint density at radius 1 is 1.38 bits per heavy atom. The zero-order valence-corrected chi connectivity index (χ0v) is 7.23. The molecule has 0 aromatic carbocycles. The van der Waals surface area contributed by atoms with Crippen LogP contribution in [0.5, 0.6) is 0 Å². The average Bonchev–Trinajstić information content (AvgIpc) is 2.76. The summed E-state index contributed by atoms with van der Waals surface area (Å²) in [5, 5.41) is 0. The van der Waals surface area contributed by atoms with Crippen molar-refractivity contribution < 1.29 is 4.79 Å². The monoisotopic (exact) mass is 170 g/mol. The molecule has 0 amide bonds. The van der Waals surface area contributed by atoms with Gasteiger partial charge in [-0.15, -0.1) is 6.42 Å². The van der Waals surface area contributed by atoms with Gasteiger partial charge in [-0.25, -0.2) is 0 Å². The first kappa shape index (κ1) is 7.15. The van der Waals surface area contributed by atoms with Crippen LogP contribution in [0.4, 0.5) is 0 Å². The molecule has 3 aliphatic carbocycles. The number of terminal acetylenes is 1. The number of hydrogen-bond donors (Lipinski definition) is 0. The molecule has 3 aliphatic rings. The smallest absolute Gasteiger partial charge is 0.175 e. The Balaban J connectivity index is 2.06. The van der Waals surface area contributed by atoms with Crippen LogP contribution < -0.4 is 0 Å². The van der Waals surface area contributed by atoms with E-state index in [4.69, 9.17) is 6.42 Å². The van der Waals surface area contributed by atoms with Crippen LogP contribution in [0.15, 0.2) is 23.8 Å². The van der Waals surface area contributed by atoms with E-state index in [0.717, 1.165) is 6.42 Å². The molecule has 0 aromatic rings. The fourth-order valence-corrected chi connectivity index (χ4v) is 3.03. The molecule has 0 unspecified atom stereocenters. The number of Topliss-reactive ketones (excluding diaryl/α,β-unsaturated/α-hetero) is 1. The van der Waals surface area contributed by atoms with Crippen LogP contribution in [0.3, 0.4) is 0 Å². The molecular weight excluding hydrogens is 160 g/mol. The summed E-state index contributed by atoms with van der Waals surface area (Å²) in [6.07, 6.45) is 12.9. The number of allylic oxidation sites excluding steroid dienone is 4. The third kappa shape index (κ3) is 0.715. The van der Waals surface area contributed by atoms with E-state index in [1.807, 2.05) is 6.08 Å². The first-order valence-corrected chi connectivity index (χ1v) is 4.72. The minimum absolute atomic E-state index is 0.195. The van der Waals surface area contributed by atoms with Gasteiger partial charge >= 0.3 is 0 Å². The summed E-state index contributed by atoms with van der Waals surface area (Å²) in [5.41, 5.74) is 0.619. The summed E-state index contributed by atoms with van der Waals surface area (Å²) in [6, 6.07) is 0. The standard InChI is InChI=1S/C12H10O/c1-2-7-6-10-8-3-4-9(5-8)11(10)12(7)13/h1,3-4,6,8-11H,5H2/t8-,9+,10-,11+/m0/s1. The van der Waals surface area contributed by atoms with Crippen molar-refractivity contribution in [1.29, 1.82) is 0 Å². The molecule has 1 fully saturated rings. The van der Waals surface area contributed by atoms with Crippen LogP contribution in [-0.4, -0.2) is 5.78 Å². The van der Waals surface area contributed by atoms with Crippen molar-refractivity contribution in [1.82, 2.24) is 0 Å². The summed E-state index contributed by atoms with van der Waals surface area (Å²) in [7, 11) is 0. The Morgan fingerprint density at radius 3 is 2.85 bits per heavy atom. The summed E-state index contributed by atoms with van der Waals surface area (Å²) in [6.45, 7) is 0. The van der Waals surface area contributed by atoms with E-state index in [1.165, 1.54) is 0 Å². The normalized spacial score (nSPS) is 44.8. The summed E-state index contributed by atoms with van der Waals surface area (Å²) in [4.78, 5) is 11.8. The molecular formula is C12H10O. The lowest BCUT2D eigenvalue weighted by Gasteiger charge is -2.17. The van der Waals surface area contributed by atoms with E-state index in [-0.39, 0.29) is 11.7 Å². The lowest BCUT2D eigenvalue weighted by molar-refractivity contribution is -0.119. The minimum atomic E-state index is 0.195. The van der Waals surface area contributed by atoms with Crippen molar-refractivity contribution in [2.45, 2.75) is 6.42 Å². The molecule has 0 N–H and O–H groups in total. The SMILES string of the molecule is C#CC1=C[C@@H]2[C@H](C1=O)[C@@H]1C=C[C@H]2C1.